The molecule has 14 heavy (non-hydrogen) atoms. The van der Waals surface area contributed by atoms with Crippen molar-refractivity contribution in [2.45, 2.75) is 26.2 Å². The molecular formula is C10H15ClN2O. The van der Waals surface area contributed by atoms with E-state index in [2.05, 4.69) is 5.10 Å². The van der Waals surface area contributed by atoms with E-state index in [1.807, 2.05) is 20.0 Å². The summed E-state index contributed by atoms with van der Waals surface area (Å²) >= 11 is 5.51. The lowest BCUT2D eigenvalue weighted by Gasteiger charge is -2.00. The Kier molecular flexibility index (Phi) is 4.14. The maximum absolute atomic E-state index is 11.4. The molecular weight excluding hydrogens is 200 g/mol. The summed E-state index contributed by atoms with van der Waals surface area (Å²) in [5, 5.41) is 4.18. The molecule has 1 aromatic heterocycles. The summed E-state index contributed by atoms with van der Waals surface area (Å²) in [6, 6.07) is 1.94. The Balaban J connectivity index is 2.51. The van der Waals surface area contributed by atoms with Crippen LogP contribution in [0.1, 0.15) is 24.2 Å². The van der Waals surface area contributed by atoms with Crippen LogP contribution in [-0.2, 0) is 18.3 Å². The van der Waals surface area contributed by atoms with E-state index >= 15 is 0 Å². The lowest BCUT2D eigenvalue weighted by Crippen LogP contribution is -2.07. The van der Waals surface area contributed by atoms with E-state index in [0.717, 1.165) is 17.8 Å². The van der Waals surface area contributed by atoms with Crippen LogP contribution in [0.2, 0.25) is 0 Å². The molecule has 0 amide bonds. The number of halogens is 1. The van der Waals surface area contributed by atoms with E-state index in [1.54, 1.807) is 4.68 Å². The maximum Gasteiger partial charge on any atom is 0.138 e. The quantitative estimate of drug-likeness (QED) is 0.702. The highest BCUT2D eigenvalue weighted by Crippen LogP contribution is 2.05. The van der Waals surface area contributed by atoms with Crippen LogP contribution in [-0.4, -0.2) is 21.4 Å². The number of aryl methyl sites for hydroxylation is 2. The van der Waals surface area contributed by atoms with Gasteiger partial charge in [-0.05, 0) is 19.4 Å². The van der Waals surface area contributed by atoms with Crippen LogP contribution in [0.3, 0.4) is 0 Å². The molecule has 0 spiro atoms. The fraction of sp³-hybridized carbons (Fsp3) is 0.600. The average Bonchev–Trinajstić information content (AvgIpc) is 2.42. The van der Waals surface area contributed by atoms with Gasteiger partial charge < -0.3 is 0 Å². The Hall–Kier alpha value is -0.830. The molecule has 0 saturated heterocycles. The van der Waals surface area contributed by atoms with Crippen LogP contribution in [0.25, 0.3) is 0 Å². The standard InChI is InChI=1S/C10H15ClN2O/c1-8-6-9(13(2)12-8)7-10(14)4-3-5-11/h6H,3-5,7H2,1-2H3. The molecule has 3 nitrogen and oxygen atoms in total. The molecule has 0 aliphatic heterocycles. The van der Waals surface area contributed by atoms with Crippen molar-refractivity contribution in [2.75, 3.05) is 5.88 Å². The molecule has 1 aromatic rings. The van der Waals surface area contributed by atoms with Crippen molar-refractivity contribution in [1.82, 2.24) is 9.78 Å². The predicted molar refractivity (Wildman–Crippen MR) is 56.6 cm³/mol. The minimum atomic E-state index is 0.230. The fourth-order valence-corrected chi connectivity index (χ4v) is 1.52. The summed E-state index contributed by atoms with van der Waals surface area (Å²) in [6.07, 6.45) is 1.79. The molecule has 0 fully saturated rings. The molecule has 0 radical (unpaired) electrons. The highest BCUT2D eigenvalue weighted by Gasteiger charge is 2.07. The van der Waals surface area contributed by atoms with E-state index in [1.165, 1.54) is 0 Å². The zero-order valence-corrected chi connectivity index (χ0v) is 9.34. The van der Waals surface area contributed by atoms with Gasteiger partial charge in [-0.2, -0.15) is 5.10 Å². The van der Waals surface area contributed by atoms with Crippen LogP contribution >= 0.6 is 11.6 Å². The molecule has 0 aromatic carbocycles. The maximum atomic E-state index is 11.4. The van der Waals surface area contributed by atoms with Gasteiger partial charge in [0.05, 0.1) is 5.69 Å². The number of carbonyl (C=O) groups is 1. The molecule has 0 saturated carbocycles. The summed E-state index contributed by atoms with van der Waals surface area (Å²) in [4.78, 5) is 11.4. The number of carbonyl (C=O) groups excluding carboxylic acids is 1. The summed E-state index contributed by atoms with van der Waals surface area (Å²) in [7, 11) is 1.86. The molecule has 78 valence electrons. The van der Waals surface area contributed by atoms with E-state index in [9.17, 15) is 4.79 Å². The number of alkyl halides is 1. The molecule has 0 N–H and O–H groups in total. The SMILES string of the molecule is Cc1cc(CC(=O)CCCCl)n(C)n1. The van der Waals surface area contributed by atoms with Crippen molar-refractivity contribution in [3.8, 4) is 0 Å². The number of rotatable bonds is 5. The lowest BCUT2D eigenvalue weighted by atomic mass is 10.1. The normalized spacial score (nSPS) is 10.5. The number of aromatic nitrogens is 2. The van der Waals surface area contributed by atoms with Crippen molar-refractivity contribution in [1.29, 1.82) is 0 Å². The van der Waals surface area contributed by atoms with Crippen LogP contribution in [0, 0.1) is 6.92 Å². The summed E-state index contributed by atoms with van der Waals surface area (Å²) in [6.45, 7) is 1.92. The minimum Gasteiger partial charge on any atom is -0.299 e. The third kappa shape index (κ3) is 3.14. The third-order valence-electron chi connectivity index (χ3n) is 2.07. The van der Waals surface area contributed by atoms with Gasteiger partial charge >= 0.3 is 0 Å². The van der Waals surface area contributed by atoms with Gasteiger partial charge in [-0.1, -0.05) is 0 Å². The Morgan fingerprint density at radius 2 is 2.36 bits per heavy atom. The van der Waals surface area contributed by atoms with Gasteiger partial charge in [0.25, 0.3) is 0 Å². The highest BCUT2D eigenvalue weighted by atomic mass is 35.5. The van der Waals surface area contributed by atoms with Crippen LogP contribution in [0.15, 0.2) is 6.07 Å². The second-order valence-corrected chi connectivity index (χ2v) is 3.79. The molecule has 1 heterocycles. The van der Waals surface area contributed by atoms with Crippen molar-refractivity contribution in [3.63, 3.8) is 0 Å². The van der Waals surface area contributed by atoms with Crippen molar-refractivity contribution >= 4 is 17.4 Å². The largest absolute Gasteiger partial charge is 0.299 e. The minimum absolute atomic E-state index is 0.230. The van der Waals surface area contributed by atoms with Crippen LogP contribution in [0.5, 0.6) is 0 Å². The van der Waals surface area contributed by atoms with Gasteiger partial charge in [-0.25, -0.2) is 0 Å². The zero-order chi connectivity index (χ0) is 10.6. The van der Waals surface area contributed by atoms with E-state index in [4.69, 9.17) is 11.6 Å². The van der Waals surface area contributed by atoms with Gasteiger partial charge in [-0.3, -0.25) is 9.48 Å². The number of hydrogen-bond acceptors (Lipinski definition) is 2. The average molecular weight is 215 g/mol. The summed E-state index contributed by atoms with van der Waals surface area (Å²) in [5.74, 6) is 0.782. The fourth-order valence-electron chi connectivity index (χ4n) is 1.38. The van der Waals surface area contributed by atoms with E-state index in [-0.39, 0.29) is 5.78 Å². The second-order valence-electron chi connectivity index (χ2n) is 3.41. The topological polar surface area (TPSA) is 34.9 Å². The first-order valence-electron chi connectivity index (χ1n) is 4.70. The van der Waals surface area contributed by atoms with Gasteiger partial charge in [0.15, 0.2) is 0 Å². The van der Waals surface area contributed by atoms with Gasteiger partial charge in [0, 0.05) is 31.5 Å². The third-order valence-corrected chi connectivity index (χ3v) is 2.33. The zero-order valence-electron chi connectivity index (χ0n) is 8.59. The first-order chi connectivity index (χ1) is 6.63. The highest BCUT2D eigenvalue weighted by molar-refractivity contribution is 6.17. The Labute approximate surface area is 89.1 Å². The molecule has 0 aliphatic rings. The smallest absolute Gasteiger partial charge is 0.138 e. The Bertz CT molecular complexity index is 320. The monoisotopic (exact) mass is 214 g/mol. The van der Waals surface area contributed by atoms with Gasteiger partial charge in [-0.15, -0.1) is 11.6 Å². The molecule has 0 unspecified atom stereocenters. The molecule has 0 aliphatic carbocycles. The summed E-state index contributed by atoms with van der Waals surface area (Å²) < 4.78 is 1.76. The number of ketones is 1. The van der Waals surface area contributed by atoms with Gasteiger partial charge in [0.1, 0.15) is 5.78 Å². The second kappa shape index (κ2) is 5.15. The van der Waals surface area contributed by atoms with Crippen molar-refractivity contribution < 1.29 is 4.79 Å². The lowest BCUT2D eigenvalue weighted by molar-refractivity contribution is -0.118. The molecule has 0 bridgehead atoms. The molecule has 1 rings (SSSR count). The predicted octanol–water partition coefficient (Wildman–Crippen LogP) is 1.86. The van der Waals surface area contributed by atoms with Crippen LogP contribution < -0.4 is 0 Å². The number of Topliss-reactive ketones (excluding diaryl/α,β-unsaturated/α-hetero) is 1. The number of hydrogen-bond donors (Lipinski definition) is 0. The van der Waals surface area contributed by atoms with Crippen molar-refractivity contribution in [3.05, 3.63) is 17.5 Å². The summed E-state index contributed by atoms with van der Waals surface area (Å²) in [5.41, 5.74) is 1.93. The van der Waals surface area contributed by atoms with Gasteiger partial charge in [0.2, 0.25) is 0 Å². The van der Waals surface area contributed by atoms with E-state index < -0.39 is 0 Å². The Morgan fingerprint density at radius 1 is 1.64 bits per heavy atom. The molecule has 0 atom stereocenters. The number of nitrogens with zero attached hydrogens (tertiary/aromatic N) is 2. The first-order valence-corrected chi connectivity index (χ1v) is 5.24. The Morgan fingerprint density at radius 3 is 2.86 bits per heavy atom. The first kappa shape index (κ1) is 11.2. The molecule has 4 heteroatoms. The van der Waals surface area contributed by atoms with Crippen LogP contribution in [0.4, 0.5) is 0 Å². The van der Waals surface area contributed by atoms with Crippen molar-refractivity contribution in [2.24, 2.45) is 7.05 Å². The van der Waals surface area contributed by atoms with E-state index in [0.29, 0.717) is 18.7 Å².